The van der Waals surface area contributed by atoms with E-state index < -0.39 is 17.6 Å². The third kappa shape index (κ3) is 3.19. The molecule has 0 unspecified atom stereocenters. The molecule has 0 N–H and O–H groups in total. The molecule has 0 atom stereocenters. The Balaban J connectivity index is 2.03. The second-order valence-corrected chi connectivity index (χ2v) is 5.27. The topological polar surface area (TPSA) is 48.4 Å². The number of carbonyl (C=O) groups excluding carboxylic acids is 1. The van der Waals surface area contributed by atoms with Gasteiger partial charge in [-0.2, -0.15) is 0 Å². The molecule has 4 nitrogen and oxygen atoms in total. The Morgan fingerprint density at radius 1 is 1.25 bits per heavy atom. The van der Waals surface area contributed by atoms with E-state index in [1.54, 1.807) is 0 Å². The standard InChI is InChI=1S/C18H15F2NO3/c1-23-18(22)16-4-2-3-15(21-16)17-13(19)9-12(10-14(17)20)11-5-7-24-8-6-11/h2-5,9-10H,6-8H2,1H3. The first-order valence-corrected chi connectivity index (χ1v) is 7.42. The molecule has 24 heavy (non-hydrogen) atoms. The van der Waals surface area contributed by atoms with Crippen molar-refractivity contribution in [2.24, 2.45) is 0 Å². The lowest BCUT2D eigenvalue weighted by atomic mass is 9.98. The predicted molar refractivity (Wildman–Crippen MR) is 84.3 cm³/mol. The van der Waals surface area contributed by atoms with E-state index in [0.29, 0.717) is 25.2 Å². The van der Waals surface area contributed by atoms with Gasteiger partial charge >= 0.3 is 5.97 Å². The average Bonchev–Trinajstić information content (AvgIpc) is 2.61. The maximum Gasteiger partial charge on any atom is 0.356 e. The number of halogens is 2. The first-order valence-electron chi connectivity index (χ1n) is 7.42. The Morgan fingerprint density at radius 3 is 2.62 bits per heavy atom. The summed E-state index contributed by atoms with van der Waals surface area (Å²) in [4.78, 5) is 15.5. The van der Waals surface area contributed by atoms with Crippen molar-refractivity contribution in [1.82, 2.24) is 4.98 Å². The number of methoxy groups -OCH3 is 1. The molecule has 0 radical (unpaired) electrons. The summed E-state index contributed by atoms with van der Waals surface area (Å²) in [5.41, 5.74) is 1.10. The molecule has 1 aliphatic heterocycles. The van der Waals surface area contributed by atoms with E-state index >= 15 is 0 Å². The molecule has 1 aromatic carbocycles. The number of hydrogen-bond donors (Lipinski definition) is 0. The molecule has 0 fully saturated rings. The molecule has 0 bridgehead atoms. The van der Waals surface area contributed by atoms with Crippen molar-refractivity contribution in [3.63, 3.8) is 0 Å². The van der Waals surface area contributed by atoms with Crippen molar-refractivity contribution in [1.29, 1.82) is 0 Å². The van der Waals surface area contributed by atoms with Crippen molar-refractivity contribution < 1.29 is 23.0 Å². The number of benzene rings is 1. The number of aromatic nitrogens is 1. The van der Waals surface area contributed by atoms with Crippen LogP contribution in [0, 0.1) is 11.6 Å². The van der Waals surface area contributed by atoms with Gasteiger partial charge in [0.05, 0.1) is 31.6 Å². The van der Waals surface area contributed by atoms with Crippen molar-refractivity contribution >= 4 is 11.5 Å². The largest absolute Gasteiger partial charge is 0.464 e. The first-order chi connectivity index (χ1) is 11.6. The van der Waals surface area contributed by atoms with Gasteiger partial charge in [0.2, 0.25) is 0 Å². The number of rotatable bonds is 3. The fourth-order valence-corrected chi connectivity index (χ4v) is 2.58. The quantitative estimate of drug-likeness (QED) is 0.806. The highest BCUT2D eigenvalue weighted by Gasteiger charge is 2.18. The Bertz CT molecular complexity index is 795. The third-order valence-corrected chi connectivity index (χ3v) is 3.78. The molecule has 6 heteroatoms. The summed E-state index contributed by atoms with van der Waals surface area (Å²) in [7, 11) is 1.22. The van der Waals surface area contributed by atoms with Crippen molar-refractivity contribution in [3.8, 4) is 11.3 Å². The van der Waals surface area contributed by atoms with Crippen LogP contribution < -0.4 is 0 Å². The lowest BCUT2D eigenvalue weighted by molar-refractivity contribution is 0.0594. The third-order valence-electron chi connectivity index (χ3n) is 3.78. The molecule has 1 aromatic heterocycles. The number of hydrogen-bond acceptors (Lipinski definition) is 4. The predicted octanol–water partition coefficient (Wildman–Crippen LogP) is 3.62. The minimum absolute atomic E-state index is 0.00925. The maximum atomic E-state index is 14.5. The minimum Gasteiger partial charge on any atom is -0.464 e. The molecule has 2 aromatic rings. The van der Waals surface area contributed by atoms with Gasteiger partial charge in [0.25, 0.3) is 0 Å². The highest BCUT2D eigenvalue weighted by atomic mass is 19.1. The van der Waals surface area contributed by atoms with Crippen LogP contribution in [0.2, 0.25) is 0 Å². The first kappa shape index (κ1) is 16.3. The van der Waals surface area contributed by atoms with Gasteiger partial charge in [-0.1, -0.05) is 12.1 Å². The molecule has 0 aliphatic carbocycles. The summed E-state index contributed by atoms with van der Waals surface area (Å²) >= 11 is 0. The molecule has 0 saturated carbocycles. The van der Waals surface area contributed by atoms with Crippen molar-refractivity contribution in [2.45, 2.75) is 6.42 Å². The number of ether oxygens (including phenoxy) is 2. The van der Waals surface area contributed by atoms with Crippen LogP contribution >= 0.6 is 0 Å². The zero-order valence-electron chi connectivity index (χ0n) is 13.0. The number of carbonyl (C=O) groups is 1. The van der Waals surface area contributed by atoms with E-state index in [1.807, 2.05) is 6.08 Å². The Labute approximate surface area is 137 Å². The maximum absolute atomic E-state index is 14.5. The summed E-state index contributed by atoms with van der Waals surface area (Å²) in [5.74, 6) is -2.12. The van der Waals surface area contributed by atoms with Crippen LogP contribution in [0.25, 0.3) is 16.8 Å². The summed E-state index contributed by atoms with van der Waals surface area (Å²) in [6, 6.07) is 6.93. The highest BCUT2D eigenvalue weighted by Crippen LogP contribution is 2.30. The summed E-state index contributed by atoms with van der Waals surface area (Å²) in [6.45, 7) is 0.961. The SMILES string of the molecule is COC(=O)c1cccc(-c2c(F)cc(C3=CCOCC3)cc2F)n1. The molecule has 124 valence electrons. The van der Waals surface area contributed by atoms with Crippen LogP contribution in [0.1, 0.15) is 22.5 Å². The van der Waals surface area contributed by atoms with E-state index in [-0.39, 0.29) is 17.0 Å². The normalized spacial score (nSPS) is 14.2. The smallest absolute Gasteiger partial charge is 0.356 e. The number of esters is 1. The fourth-order valence-electron chi connectivity index (χ4n) is 2.58. The van der Waals surface area contributed by atoms with Gasteiger partial charge in [0, 0.05) is 0 Å². The molecule has 0 saturated heterocycles. The second-order valence-electron chi connectivity index (χ2n) is 5.27. The fraction of sp³-hybridized carbons (Fsp3) is 0.222. The second kappa shape index (κ2) is 6.88. The molecule has 1 aliphatic rings. The van der Waals surface area contributed by atoms with Gasteiger partial charge in [-0.05, 0) is 41.8 Å². The Kier molecular flexibility index (Phi) is 4.66. The molecule has 3 rings (SSSR count). The monoisotopic (exact) mass is 331 g/mol. The van der Waals surface area contributed by atoms with Gasteiger partial charge in [0.1, 0.15) is 17.3 Å². The van der Waals surface area contributed by atoms with Gasteiger partial charge in [-0.25, -0.2) is 18.6 Å². The van der Waals surface area contributed by atoms with E-state index in [9.17, 15) is 13.6 Å². The van der Waals surface area contributed by atoms with E-state index in [0.717, 1.165) is 5.57 Å². The minimum atomic E-state index is -0.730. The summed E-state index contributed by atoms with van der Waals surface area (Å²) in [5, 5.41) is 0. The molecule has 0 amide bonds. The van der Waals surface area contributed by atoms with Crippen LogP contribution in [0.4, 0.5) is 8.78 Å². The Hall–Kier alpha value is -2.60. The van der Waals surface area contributed by atoms with Gasteiger partial charge in [0.15, 0.2) is 0 Å². The van der Waals surface area contributed by atoms with Crippen LogP contribution in [0.5, 0.6) is 0 Å². The highest BCUT2D eigenvalue weighted by molar-refractivity contribution is 5.87. The summed E-state index contributed by atoms with van der Waals surface area (Å²) in [6.07, 6.45) is 2.42. The average molecular weight is 331 g/mol. The summed E-state index contributed by atoms with van der Waals surface area (Å²) < 4.78 is 38.8. The number of pyridine rings is 1. The molecule has 0 spiro atoms. The van der Waals surface area contributed by atoms with Crippen LogP contribution in [0.15, 0.2) is 36.4 Å². The lowest BCUT2D eigenvalue weighted by Gasteiger charge is -2.15. The van der Waals surface area contributed by atoms with Crippen LogP contribution in [-0.4, -0.2) is 31.3 Å². The lowest BCUT2D eigenvalue weighted by Crippen LogP contribution is -2.06. The Morgan fingerprint density at radius 2 is 2.00 bits per heavy atom. The van der Waals surface area contributed by atoms with E-state index in [4.69, 9.17) is 4.74 Å². The van der Waals surface area contributed by atoms with Gasteiger partial charge < -0.3 is 9.47 Å². The van der Waals surface area contributed by atoms with Crippen LogP contribution in [0.3, 0.4) is 0 Å². The zero-order valence-corrected chi connectivity index (χ0v) is 13.0. The van der Waals surface area contributed by atoms with E-state index in [1.165, 1.54) is 37.4 Å². The van der Waals surface area contributed by atoms with Crippen LogP contribution in [-0.2, 0) is 9.47 Å². The zero-order chi connectivity index (χ0) is 17.1. The molecular formula is C18H15F2NO3. The molecule has 2 heterocycles. The molecular weight excluding hydrogens is 316 g/mol. The van der Waals surface area contributed by atoms with E-state index in [2.05, 4.69) is 9.72 Å². The van der Waals surface area contributed by atoms with Crippen molar-refractivity contribution in [2.75, 3.05) is 20.3 Å². The van der Waals surface area contributed by atoms with Crippen molar-refractivity contribution in [3.05, 3.63) is 59.3 Å². The number of nitrogens with zero attached hydrogens (tertiary/aromatic N) is 1. The van der Waals surface area contributed by atoms with Gasteiger partial charge in [-0.15, -0.1) is 0 Å². The van der Waals surface area contributed by atoms with Gasteiger partial charge in [-0.3, -0.25) is 0 Å².